The van der Waals surface area contributed by atoms with Gasteiger partial charge in [-0.15, -0.1) is 0 Å². The molecule has 1 unspecified atom stereocenters. The second-order valence-electron chi connectivity index (χ2n) is 4.16. The van der Waals surface area contributed by atoms with Gasteiger partial charge < -0.3 is 5.32 Å². The molecule has 0 aliphatic rings. The van der Waals surface area contributed by atoms with E-state index in [0.29, 0.717) is 10.6 Å². The Balaban J connectivity index is 2.22. The molecular formula is C14H11Br2ClFN. The molecule has 2 aromatic carbocycles. The summed E-state index contributed by atoms with van der Waals surface area (Å²) in [7, 11) is 0. The molecule has 1 N–H and O–H groups in total. The molecule has 0 heterocycles. The van der Waals surface area contributed by atoms with Crippen molar-refractivity contribution in [3.63, 3.8) is 0 Å². The monoisotopic (exact) mass is 405 g/mol. The number of nitrogens with one attached hydrogen (secondary N) is 1. The van der Waals surface area contributed by atoms with E-state index in [0.717, 1.165) is 14.6 Å². The summed E-state index contributed by atoms with van der Waals surface area (Å²) in [6, 6.07) is 10.3. The summed E-state index contributed by atoms with van der Waals surface area (Å²) in [6.07, 6.45) is 0. The van der Waals surface area contributed by atoms with Crippen LogP contribution in [0.1, 0.15) is 18.5 Å². The van der Waals surface area contributed by atoms with Crippen molar-refractivity contribution in [3.05, 3.63) is 61.7 Å². The van der Waals surface area contributed by atoms with Crippen LogP contribution in [0.2, 0.25) is 5.02 Å². The van der Waals surface area contributed by atoms with Gasteiger partial charge in [0.05, 0.1) is 11.1 Å². The van der Waals surface area contributed by atoms with Gasteiger partial charge in [-0.3, -0.25) is 0 Å². The number of hydrogen-bond donors (Lipinski definition) is 1. The van der Waals surface area contributed by atoms with E-state index in [1.165, 1.54) is 6.07 Å². The van der Waals surface area contributed by atoms with Crippen molar-refractivity contribution in [2.24, 2.45) is 0 Å². The van der Waals surface area contributed by atoms with Gasteiger partial charge in [0, 0.05) is 20.2 Å². The third-order valence-corrected chi connectivity index (χ3v) is 4.45. The third kappa shape index (κ3) is 3.71. The first-order chi connectivity index (χ1) is 8.97. The molecule has 19 heavy (non-hydrogen) atoms. The standard InChI is InChI=1S/C14H11Br2ClFN/c1-8(11-6-9(15)2-5-14(11)18)19-10-3-4-12(16)13(17)7-10/h2-8,19H,1H3. The minimum Gasteiger partial charge on any atom is -0.378 e. The first kappa shape index (κ1) is 14.8. The molecule has 2 aromatic rings. The maximum atomic E-state index is 13.8. The highest BCUT2D eigenvalue weighted by Gasteiger charge is 2.11. The van der Waals surface area contributed by atoms with E-state index in [2.05, 4.69) is 37.2 Å². The Morgan fingerprint density at radius 2 is 1.89 bits per heavy atom. The van der Waals surface area contributed by atoms with Gasteiger partial charge in [0.25, 0.3) is 0 Å². The molecule has 0 fully saturated rings. The number of halogens is 4. The summed E-state index contributed by atoms with van der Waals surface area (Å²) in [5.74, 6) is -0.230. The number of anilines is 1. The molecule has 0 saturated heterocycles. The zero-order valence-electron chi connectivity index (χ0n) is 10.1. The predicted octanol–water partition coefficient (Wildman–Crippen LogP) is 6.18. The lowest BCUT2D eigenvalue weighted by Gasteiger charge is -2.17. The van der Waals surface area contributed by atoms with Crippen molar-refractivity contribution in [3.8, 4) is 0 Å². The smallest absolute Gasteiger partial charge is 0.128 e. The minimum absolute atomic E-state index is 0.158. The molecule has 0 aliphatic heterocycles. The van der Waals surface area contributed by atoms with E-state index >= 15 is 0 Å². The quantitative estimate of drug-likeness (QED) is 0.641. The molecule has 0 bridgehead atoms. The second-order valence-corrected chi connectivity index (χ2v) is 6.34. The summed E-state index contributed by atoms with van der Waals surface area (Å²) >= 11 is 12.7. The molecule has 1 atom stereocenters. The van der Waals surface area contributed by atoms with Gasteiger partial charge in [0.1, 0.15) is 5.82 Å². The molecular weight excluding hydrogens is 396 g/mol. The first-order valence-electron chi connectivity index (χ1n) is 5.64. The van der Waals surface area contributed by atoms with Gasteiger partial charge in [0.2, 0.25) is 0 Å². The average molecular weight is 408 g/mol. The van der Waals surface area contributed by atoms with Crippen molar-refractivity contribution in [2.45, 2.75) is 13.0 Å². The molecule has 0 spiro atoms. The van der Waals surface area contributed by atoms with Crippen LogP contribution >= 0.6 is 43.5 Å². The van der Waals surface area contributed by atoms with E-state index in [1.807, 2.05) is 19.1 Å². The van der Waals surface area contributed by atoms with E-state index in [4.69, 9.17) is 11.6 Å². The molecule has 5 heteroatoms. The summed E-state index contributed by atoms with van der Waals surface area (Å²) in [5.41, 5.74) is 1.45. The molecule has 0 amide bonds. The van der Waals surface area contributed by atoms with Crippen LogP contribution in [-0.4, -0.2) is 0 Å². The van der Waals surface area contributed by atoms with Crippen molar-refractivity contribution in [2.75, 3.05) is 5.32 Å². The van der Waals surface area contributed by atoms with Crippen LogP contribution in [0.3, 0.4) is 0 Å². The largest absolute Gasteiger partial charge is 0.378 e. The lowest BCUT2D eigenvalue weighted by atomic mass is 10.1. The molecule has 0 aromatic heterocycles. The molecule has 0 saturated carbocycles. The summed E-state index contributed by atoms with van der Waals surface area (Å²) in [4.78, 5) is 0. The van der Waals surface area contributed by atoms with Gasteiger partial charge in [-0.2, -0.15) is 0 Å². The van der Waals surface area contributed by atoms with Crippen LogP contribution < -0.4 is 5.32 Å². The first-order valence-corrected chi connectivity index (χ1v) is 7.60. The normalized spacial score (nSPS) is 12.3. The lowest BCUT2D eigenvalue weighted by Crippen LogP contribution is -2.08. The summed E-state index contributed by atoms with van der Waals surface area (Å²) in [5, 5.41) is 3.85. The summed E-state index contributed by atoms with van der Waals surface area (Å²) in [6.45, 7) is 1.90. The van der Waals surface area contributed by atoms with Gasteiger partial charge in [-0.05, 0) is 59.3 Å². The fourth-order valence-corrected chi connectivity index (χ4v) is 2.57. The van der Waals surface area contributed by atoms with E-state index in [9.17, 15) is 4.39 Å². The second kappa shape index (κ2) is 6.25. The van der Waals surface area contributed by atoms with Gasteiger partial charge in [-0.25, -0.2) is 4.39 Å². The SMILES string of the molecule is CC(Nc1ccc(Br)c(Cl)c1)c1cc(Br)ccc1F. The number of rotatable bonds is 3. The van der Waals surface area contributed by atoms with Crippen molar-refractivity contribution < 1.29 is 4.39 Å². The predicted molar refractivity (Wildman–Crippen MR) is 85.3 cm³/mol. The van der Waals surface area contributed by atoms with Crippen molar-refractivity contribution >= 4 is 49.1 Å². The van der Waals surface area contributed by atoms with E-state index < -0.39 is 0 Å². The zero-order valence-corrected chi connectivity index (χ0v) is 14.0. The Labute approximate surface area is 133 Å². The lowest BCUT2D eigenvalue weighted by molar-refractivity contribution is 0.600. The fourth-order valence-electron chi connectivity index (χ4n) is 1.76. The minimum atomic E-state index is -0.230. The third-order valence-electron chi connectivity index (χ3n) is 2.73. The van der Waals surface area contributed by atoms with Crippen LogP contribution in [0.5, 0.6) is 0 Å². The highest BCUT2D eigenvalue weighted by atomic mass is 79.9. The van der Waals surface area contributed by atoms with Crippen molar-refractivity contribution in [1.29, 1.82) is 0 Å². The van der Waals surface area contributed by atoms with Crippen LogP contribution in [-0.2, 0) is 0 Å². The Bertz CT molecular complexity index is 604. The molecule has 2 rings (SSSR count). The highest BCUT2D eigenvalue weighted by Crippen LogP contribution is 2.29. The average Bonchev–Trinajstić information content (AvgIpc) is 2.36. The highest BCUT2D eigenvalue weighted by molar-refractivity contribution is 9.10. The van der Waals surface area contributed by atoms with Gasteiger partial charge in [-0.1, -0.05) is 27.5 Å². The van der Waals surface area contributed by atoms with E-state index in [-0.39, 0.29) is 11.9 Å². The van der Waals surface area contributed by atoms with Crippen molar-refractivity contribution in [1.82, 2.24) is 0 Å². The van der Waals surface area contributed by atoms with Crippen LogP contribution in [0, 0.1) is 5.82 Å². The molecule has 0 radical (unpaired) electrons. The van der Waals surface area contributed by atoms with Crippen LogP contribution in [0.25, 0.3) is 0 Å². The zero-order chi connectivity index (χ0) is 14.0. The maximum Gasteiger partial charge on any atom is 0.128 e. The molecule has 100 valence electrons. The van der Waals surface area contributed by atoms with Crippen LogP contribution in [0.4, 0.5) is 10.1 Å². The Kier molecular flexibility index (Phi) is 4.87. The molecule has 0 aliphatic carbocycles. The van der Waals surface area contributed by atoms with Crippen LogP contribution in [0.15, 0.2) is 45.3 Å². The number of hydrogen-bond acceptors (Lipinski definition) is 1. The Hall–Kier alpha value is -0.580. The molecule has 1 nitrogen and oxygen atoms in total. The Morgan fingerprint density at radius 3 is 2.58 bits per heavy atom. The van der Waals surface area contributed by atoms with Gasteiger partial charge >= 0.3 is 0 Å². The fraction of sp³-hybridized carbons (Fsp3) is 0.143. The maximum absolute atomic E-state index is 13.8. The Morgan fingerprint density at radius 1 is 1.16 bits per heavy atom. The number of benzene rings is 2. The topological polar surface area (TPSA) is 12.0 Å². The summed E-state index contributed by atoms with van der Waals surface area (Å²) < 4.78 is 15.5. The van der Waals surface area contributed by atoms with E-state index in [1.54, 1.807) is 18.2 Å². The van der Waals surface area contributed by atoms with Gasteiger partial charge in [0.15, 0.2) is 0 Å².